The second-order valence-corrected chi connectivity index (χ2v) is 6.55. The normalized spacial score (nSPS) is 14.2. The Hall–Kier alpha value is -1.76. The van der Waals surface area contributed by atoms with Crippen LogP contribution in [0.1, 0.15) is 5.56 Å². The number of hydrogen-bond acceptors (Lipinski definition) is 5. The number of nitrogens with two attached hydrogens (primary N) is 2. The van der Waals surface area contributed by atoms with Gasteiger partial charge in [0.25, 0.3) is 0 Å². The molecule has 0 saturated heterocycles. The second kappa shape index (κ2) is 9.08. The van der Waals surface area contributed by atoms with Crippen LogP contribution in [0.2, 0.25) is 10.0 Å². The summed E-state index contributed by atoms with van der Waals surface area (Å²) in [5, 5.41) is 22.9. The van der Waals surface area contributed by atoms with Crippen LogP contribution in [0.15, 0.2) is 54.2 Å². The van der Waals surface area contributed by atoms with Crippen molar-refractivity contribution in [3.8, 4) is 5.75 Å². The van der Waals surface area contributed by atoms with Crippen LogP contribution >= 0.6 is 23.2 Å². The Labute approximate surface area is 156 Å². The van der Waals surface area contributed by atoms with Gasteiger partial charge in [-0.05, 0) is 42.0 Å². The summed E-state index contributed by atoms with van der Waals surface area (Å²) in [5.41, 5.74) is 14.2. The molecule has 0 aliphatic heterocycles. The van der Waals surface area contributed by atoms with Crippen molar-refractivity contribution >= 4 is 28.9 Å². The van der Waals surface area contributed by atoms with E-state index in [1.165, 1.54) is 0 Å². The maximum absolute atomic E-state index is 9.41. The van der Waals surface area contributed by atoms with Crippen LogP contribution in [-0.4, -0.2) is 28.9 Å². The highest BCUT2D eigenvalue weighted by atomic mass is 35.5. The van der Waals surface area contributed by atoms with Crippen LogP contribution in [-0.2, 0) is 6.42 Å². The van der Waals surface area contributed by atoms with Crippen LogP contribution in [0.5, 0.6) is 5.75 Å². The molecule has 2 atom stereocenters. The third-order valence-corrected chi connectivity index (χ3v) is 4.20. The molecule has 2 aromatic rings. The van der Waals surface area contributed by atoms with Crippen molar-refractivity contribution in [2.24, 2.45) is 11.5 Å². The van der Waals surface area contributed by atoms with Gasteiger partial charge in [-0.15, -0.1) is 0 Å². The van der Waals surface area contributed by atoms with Crippen molar-refractivity contribution in [3.05, 3.63) is 69.8 Å². The zero-order valence-corrected chi connectivity index (χ0v) is 15.0. The molecule has 0 radical (unpaired) electrons. The van der Waals surface area contributed by atoms with Crippen molar-refractivity contribution in [2.45, 2.75) is 18.5 Å². The van der Waals surface area contributed by atoms with Gasteiger partial charge in [-0.2, -0.15) is 0 Å². The van der Waals surface area contributed by atoms with Gasteiger partial charge in [-0.1, -0.05) is 35.3 Å². The fraction of sp³-hybridized carbons (Fsp3) is 0.222. The summed E-state index contributed by atoms with van der Waals surface area (Å²) < 4.78 is 0. The third kappa shape index (κ3) is 5.92. The number of phenols is 1. The van der Waals surface area contributed by atoms with Gasteiger partial charge in [0.2, 0.25) is 0 Å². The van der Waals surface area contributed by atoms with Crippen LogP contribution in [0.4, 0.5) is 5.69 Å². The number of halogens is 2. The van der Waals surface area contributed by atoms with Gasteiger partial charge < -0.3 is 27.0 Å². The van der Waals surface area contributed by atoms with Crippen molar-refractivity contribution in [2.75, 3.05) is 11.9 Å². The number of aliphatic hydroxyl groups is 1. The molecule has 0 aromatic heterocycles. The number of nitrogens with one attached hydrogen (secondary N) is 1. The fourth-order valence-electron chi connectivity index (χ4n) is 2.22. The third-order valence-electron chi connectivity index (χ3n) is 3.66. The van der Waals surface area contributed by atoms with Crippen molar-refractivity contribution in [1.82, 2.24) is 0 Å². The SMILES string of the molecule is NC(/C=C(/Cc1ccc(O)cc1)Nc1ccc(Cl)cc1Cl)C(N)CO. The van der Waals surface area contributed by atoms with Crippen LogP contribution in [0.25, 0.3) is 0 Å². The number of aromatic hydroxyl groups is 1. The van der Waals surface area contributed by atoms with Crippen molar-refractivity contribution < 1.29 is 10.2 Å². The molecule has 7 heteroatoms. The van der Waals surface area contributed by atoms with Gasteiger partial charge in [-0.25, -0.2) is 0 Å². The Bertz CT molecular complexity index is 736. The van der Waals surface area contributed by atoms with Crippen LogP contribution < -0.4 is 16.8 Å². The lowest BCUT2D eigenvalue weighted by Crippen LogP contribution is -2.43. The van der Waals surface area contributed by atoms with E-state index < -0.39 is 12.1 Å². The maximum Gasteiger partial charge on any atom is 0.115 e. The lowest BCUT2D eigenvalue weighted by Gasteiger charge is -2.18. The minimum atomic E-state index is -0.572. The highest BCUT2D eigenvalue weighted by Crippen LogP contribution is 2.27. The number of aliphatic hydroxyl groups excluding tert-OH is 1. The Kier molecular flexibility index (Phi) is 7.11. The molecule has 0 amide bonds. The Morgan fingerprint density at radius 2 is 1.80 bits per heavy atom. The van der Waals surface area contributed by atoms with Gasteiger partial charge in [0.1, 0.15) is 5.75 Å². The van der Waals surface area contributed by atoms with E-state index in [1.54, 1.807) is 36.4 Å². The van der Waals surface area contributed by atoms with Gasteiger partial charge in [0.05, 0.1) is 17.3 Å². The van der Waals surface area contributed by atoms with Gasteiger partial charge in [0, 0.05) is 29.2 Å². The first-order valence-electron chi connectivity index (χ1n) is 7.71. The molecule has 2 aromatic carbocycles. The molecule has 7 N–H and O–H groups in total. The molecule has 0 bridgehead atoms. The monoisotopic (exact) mass is 381 g/mol. The summed E-state index contributed by atoms with van der Waals surface area (Å²) in [6, 6.07) is 10.9. The summed E-state index contributed by atoms with van der Waals surface area (Å²) in [7, 11) is 0. The van der Waals surface area contributed by atoms with E-state index in [4.69, 9.17) is 34.7 Å². The summed E-state index contributed by atoms with van der Waals surface area (Å²) in [6.07, 6.45) is 2.28. The zero-order chi connectivity index (χ0) is 18.4. The van der Waals surface area contributed by atoms with Gasteiger partial charge >= 0.3 is 0 Å². The fourth-order valence-corrected chi connectivity index (χ4v) is 2.68. The van der Waals surface area contributed by atoms with Crippen LogP contribution in [0, 0.1) is 0 Å². The molecule has 134 valence electrons. The molecule has 0 spiro atoms. The quantitative estimate of drug-likeness (QED) is 0.507. The molecule has 5 nitrogen and oxygen atoms in total. The van der Waals surface area contributed by atoms with E-state index in [9.17, 15) is 10.2 Å². The molecule has 0 heterocycles. The molecule has 25 heavy (non-hydrogen) atoms. The standard InChI is InChI=1S/C18H21Cl2N3O2/c19-12-3-6-18(15(20)8-12)23-13(9-16(21)17(22)10-24)7-11-1-4-14(25)5-2-11/h1-6,8-9,16-17,23-25H,7,10,21-22H2/b13-9-. The Morgan fingerprint density at radius 1 is 1.12 bits per heavy atom. The molecule has 2 rings (SSSR count). The lowest BCUT2D eigenvalue weighted by molar-refractivity contribution is 0.258. The molecule has 0 aliphatic rings. The molecular weight excluding hydrogens is 361 g/mol. The number of hydrogen-bond donors (Lipinski definition) is 5. The van der Waals surface area contributed by atoms with Gasteiger partial charge in [0.15, 0.2) is 0 Å². The smallest absolute Gasteiger partial charge is 0.115 e. The predicted octanol–water partition coefficient (Wildman–Crippen LogP) is 2.88. The first-order chi connectivity index (χ1) is 11.9. The number of phenolic OH excluding ortho intramolecular Hbond substituents is 1. The van der Waals surface area contributed by atoms with E-state index in [0.717, 1.165) is 11.3 Å². The summed E-state index contributed by atoms with van der Waals surface area (Å²) >= 11 is 12.1. The summed E-state index contributed by atoms with van der Waals surface area (Å²) in [4.78, 5) is 0. The van der Waals surface area contributed by atoms with Crippen molar-refractivity contribution in [3.63, 3.8) is 0 Å². The van der Waals surface area contributed by atoms with E-state index in [1.807, 2.05) is 12.1 Å². The number of rotatable bonds is 7. The lowest BCUT2D eigenvalue weighted by atomic mass is 10.0. The van der Waals surface area contributed by atoms with Crippen molar-refractivity contribution in [1.29, 1.82) is 0 Å². The number of anilines is 1. The topological polar surface area (TPSA) is 105 Å². The zero-order valence-electron chi connectivity index (χ0n) is 13.5. The number of allylic oxidation sites excluding steroid dienone is 1. The first kappa shape index (κ1) is 19.6. The average Bonchev–Trinajstić information content (AvgIpc) is 2.58. The summed E-state index contributed by atoms with van der Waals surface area (Å²) in [5.74, 6) is 0.196. The first-order valence-corrected chi connectivity index (χ1v) is 8.47. The second-order valence-electron chi connectivity index (χ2n) is 5.71. The van der Waals surface area contributed by atoms with Gasteiger partial charge in [-0.3, -0.25) is 0 Å². The highest BCUT2D eigenvalue weighted by Gasteiger charge is 2.12. The van der Waals surface area contributed by atoms with Crippen LogP contribution in [0.3, 0.4) is 0 Å². The molecule has 0 aliphatic carbocycles. The minimum Gasteiger partial charge on any atom is -0.508 e. The Balaban J connectivity index is 2.27. The molecular formula is C18H21Cl2N3O2. The van der Waals surface area contributed by atoms with E-state index in [2.05, 4.69) is 5.32 Å². The molecule has 2 unspecified atom stereocenters. The van der Waals surface area contributed by atoms with E-state index in [-0.39, 0.29) is 12.4 Å². The van der Waals surface area contributed by atoms with E-state index in [0.29, 0.717) is 22.2 Å². The predicted molar refractivity (Wildman–Crippen MR) is 103 cm³/mol. The molecule has 0 saturated carbocycles. The average molecular weight is 382 g/mol. The van der Waals surface area contributed by atoms with E-state index >= 15 is 0 Å². The highest BCUT2D eigenvalue weighted by molar-refractivity contribution is 6.36. The largest absolute Gasteiger partial charge is 0.508 e. The minimum absolute atomic E-state index is 0.196. The number of benzene rings is 2. The molecule has 0 fully saturated rings. The summed E-state index contributed by atoms with van der Waals surface area (Å²) in [6.45, 7) is -0.216. The maximum atomic E-state index is 9.41. The Morgan fingerprint density at radius 3 is 2.40 bits per heavy atom.